The molecule has 6 heteroatoms. The molecule has 3 N–H and O–H groups in total. The molecule has 2 heterocycles. The molecule has 5 aromatic rings. The third kappa shape index (κ3) is 4.00. The average Bonchev–Trinajstić information content (AvgIpc) is 3.41. The van der Waals surface area contributed by atoms with Crippen molar-refractivity contribution in [2.24, 2.45) is 0 Å². The second kappa shape index (κ2) is 8.32. The Labute approximate surface area is 190 Å². The number of aromatic nitrogens is 2. The van der Waals surface area contributed by atoms with E-state index in [-0.39, 0.29) is 5.78 Å². The molecule has 32 heavy (non-hydrogen) atoms. The smallest absolute Gasteiger partial charge is 0.209 e. The molecule has 0 aliphatic rings. The summed E-state index contributed by atoms with van der Waals surface area (Å²) < 4.78 is 0. The Bertz CT molecular complexity index is 1400. The molecule has 0 atom stereocenters. The summed E-state index contributed by atoms with van der Waals surface area (Å²) in [6, 6.07) is 23.9. The van der Waals surface area contributed by atoms with E-state index in [1.165, 1.54) is 22.5 Å². The Kier molecular flexibility index (Phi) is 5.21. The van der Waals surface area contributed by atoms with Gasteiger partial charge in [-0.15, -0.1) is 0 Å². The summed E-state index contributed by atoms with van der Waals surface area (Å²) in [5.74, 6) is 0.482. The van der Waals surface area contributed by atoms with E-state index in [1.54, 1.807) is 6.20 Å². The number of fused-ring (bicyclic) bond motifs is 1. The van der Waals surface area contributed by atoms with Crippen LogP contribution in [-0.4, -0.2) is 15.8 Å². The summed E-state index contributed by atoms with van der Waals surface area (Å²) in [6.45, 7) is 4.09. The van der Waals surface area contributed by atoms with Gasteiger partial charge in [-0.05, 0) is 44.2 Å². The first-order valence-electron chi connectivity index (χ1n) is 10.4. The molecule has 5 nitrogen and oxygen atoms in total. The number of carbonyl (C=O) groups excluding carboxylic acids is 1. The van der Waals surface area contributed by atoms with Crippen LogP contribution in [0.15, 0.2) is 79.0 Å². The molecule has 0 saturated carbocycles. The van der Waals surface area contributed by atoms with E-state index in [2.05, 4.69) is 22.5 Å². The maximum Gasteiger partial charge on any atom is 0.209 e. The second-order valence-electron chi connectivity index (χ2n) is 7.76. The predicted octanol–water partition coefficient (Wildman–Crippen LogP) is 6.96. The molecular formula is C26H22N4OS. The molecule has 2 aromatic heterocycles. The molecular weight excluding hydrogens is 416 g/mol. The van der Waals surface area contributed by atoms with Gasteiger partial charge in [-0.1, -0.05) is 64.9 Å². The van der Waals surface area contributed by atoms with E-state index < -0.39 is 0 Å². The van der Waals surface area contributed by atoms with Gasteiger partial charge >= 0.3 is 0 Å². The highest BCUT2D eigenvalue weighted by Crippen LogP contribution is 2.34. The molecule has 0 bridgehead atoms. The van der Waals surface area contributed by atoms with Gasteiger partial charge in [0.1, 0.15) is 4.88 Å². The zero-order chi connectivity index (χ0) is 22.1. The monoisotopic (exact) mass is 438 g/mol. The normalized spacial score (nSPS) is 10.9. The van der Waals surface area contributed by atoms with Gasteiger partial charge in [-0.25, -0.2) is 4.98 Å². The lowest BCUT2D eigenvalue weighted by Gasteiger charge is -2.06. The van der Waals surface area contributed by atoms with E-state index >= 15 is 0 Å². The summed E-state index contributed by atoms with van der Waals surface area (Å²) in [7, 11) is 0. The minimum atomic E-state index is -0.0634. The standard InChI is InChI=1S/C26H22N4OS/c1-16-7-11-18(12-8-16)28-25-24(23(31)21-15-27-22-6-4-3-5-20(21)22)32-26(30-25)29-19-13-9-17(2)10-14-19/h3-15,27-28H,1-2H3,(H,29,30). The van der Waals surface area contributed by atoms with Crippen molar-refractivity contribution in [3.8, 4) is 0 Å². The summed E-state index contributed by atoms with van der Waals surface area (Å²) in [4.78, 5) is 22.1. The third-order valence-electron chi connectivity index (χ3n) is 5.28. The number of aromatic amines is 1. The number of hydrogen-bond donors (Lipinski definition) is 3. The zero-order valence-corrected chi connectivity index (χ0v) is 18.6. The van der Waals surface area contributed by atoms with E-state index in [0.29, 0.717) is 21.4 Å². The summed E-state index contributed by atoms with van der Waals surface area (Å²) in [5, 5.41) is 8.23. The van der Waals surface area contributed by atoms with Gasteiger partial charge < -0.3 is 15.6 Å². The second-order valence-corrected chi connectivity index (χ2v) is 8.75. The maximum atomic E-state index is 13.6. The average molecular weight is 439 g/mol. The molecule has 0 aliphatic heterocycles. The lowest BCUT2D eigenvalue weighted by Crippen LogP contribution is -2.02. The number of benzene rings is 3. The van der Waals surface area contributed by atoms with Crippen molar-refractivity contribution in [3.05, 3.63) is 101 Å². The molecule has 0 amide bonds. The minimum Gasteiger partial charge on any atom is -0.360 e. The highest BCUT2D eigenvalue weighted by atomic mass is 32.1. The Morgan fingerprint density at radius 3 is 2.16 bits per heavy atom. The van der Waals surface area contributed by atoms with Crippen LogP contribution in [0.4, 0.5) is 22.3 Å². The molecule has 5 rings (SSSR count). The number of aryl methyl sites for hydroxylation is 2. The van der Waals surface area contributed by atoms with E-state index in [4.69, 9.17) is 4.98 Å². The number of carbonyl (C=O) groups is 1. The van der Waals surface area contributed by atoms with Crippen LogP contribution in [0.3, 0.4) is 0 Å². The van der Waals surface area contributed by atoms with Crippen molar-refractivity contribution in [3.63, 3.8) is 0 Å². The van der Waals surface area contributed by atoms with E-state index in [0.717, 1.165) is 22.3 Å². The fraction of sp³-hybridized carbons (Fsp3) is 0.0769. The van der Waals surface area contributed by atoms with Crippen LogP contribution in [0.5, 0.6) is 0 Å². The molecule has 0 radical (unpaired) electrons. The SMILES string of the molecule is Cc1ccc(Nc2nc(Nc3ccc(C)cc3)c(C(=O)c3c[nH]c4ccccc34)s2)cc1. The molecule has 0 spiro atoms. The lowest BCUT2D eigenvalue weighted by atomic mass is 10.1. The quantitative estimate of drug-likeness (QED) is 0.251. The first-order valence-corrected chi connectivity index (χ1v) is 11.2. The molecule has 0 fully saturated rings. The van der Waals surface area contributed by atoms with Crippen LogP contribution in [0.25, 0.3) is 10.9 Å². The number of para-hydroxylation sites is 1. The number of nitrogens with zero attached hydrogens (tertiary/aromatic N) is 1. The van der Waals surface area contributed by atoms with Gasteiger partial charge in [0.05, 0.1) is 0 Å². The predicted molar refractivity (Wildman–Crippen MR) is 133 cm³/mol. The Hall–Kier alpha value is -3.90. The van der Waals surface area contributed by atoms with Crippen molar-refractivity contribution in [1.29, 1.82) is 0 Å². The van der Waals surface area contributed by atoms with Crippen LogP contribution < -0.4 is 10.6 Å². The van der Waals surface area contributed by atoms with Gasteiger partial charge in [0, 0.05) is 34.0 Å². The molecule has 3 aromatic carbocycles. The van der Waals surface area contributed by atoms with Crippen LogP contribution in [0, 0.1) is 13.8 Å². The van der Waals surface area contributed by atoms with Gasteiger partial charge in [0.2, 0.25) is 5.78 Å². The maximum absolute atomic E-state index is 13.6. The number of ketones is 1. The Morgan fingerprint density at radius 1 is 0.844 bits per heavy atom. The molecule has 158 valence electrons. The number of thiazole rings is 1. The Morgan fingerprint density at radius 2 is 1.47 bits per heavy atom. The Balaban J connectivity index is 1.54. The van der Waals surface area contributed by atoms with Gasteiger partial charge in [-0.2, -0.15) is 0 Å². The van der Waals surface area contributed by atoms with Crippen molar-refractivity contribution in [2.75, 3.05) is 10.6 Å². The number of anilines is 4. The van der Waals surface area contributed by atoms with Gasteiger partial charge in [0.25, 0.3) is 0 Å². The number of hydrogen-bond acceptors (Lipinski definition) is 5. The number of nitrogens with one attached hydrogen (secondary N) is 3. The van der Waals surface area contributed by atoms with Crippen molar-refractivity contribution >= 4 is 50.3 Å². The number of rotatable bonds is 6. The van der Waals surface area contributed by atoms with Crippen LogP contribution in [-0.2, 0) is 0 Å². The van der Waals surface area contributed by atoms with Gasteiger partial charge in [-0.3, -0.25) is 4.79 Å². The molecule has 0 aliphatic carbocycles. The number of H-pyrrole nitrogens is 1. The molecule has 0 unspecified atom stereocenters. The van der Waals surface area contributed by atoms with Crippen LogP contribution in [0.2, 0.25) is 0 Å². The van der Waals surface area contributed by atoms with Crippen molar-refractivity contribution < 1.29 is 4.79 Å². The molecule has 0 saturated heterocycles. The zero-order valence-electron chi connectivity index (χ0n) is 17.8. The third-order valence-corrected chi connectivity index (χ3v) is 6.25. The van der Waals surface area contributed by atoms with Gasteiger partial charge in [0.15, 0.2) is 10.9 Å². The highest BCUT2D eigenvalue weighted by molar-refractivity contribution is 7.18. The highest BCUT2D eigenvalue weighted by Gasteiger charge is 2.22. The fourth-order valence-electron chi connectivity index (χ4n) is 3.53. The van der Waals surface area contributed by atoms with E-state index in [1.807, 2.05) is 79.7 Å². The lowest BCUT2D eigenvalue weighted by molar-refractivity contribution is 0.104. The van der Waals surface area contributed by atoms with Crippen molar-refractivity contribution in [2.45, 2.75) is 13.8 Å². The summed E-state index contributed by atoms with van der Waals surface area (Å²) in [5.41, 5.74) is 5.75. The first-order chi connectivity index (χ1) is 15.6. The van der Waals surface area contributed by atoms with Crippen LogP contribution >= 0.6 is 11.3 Å². The van der Waals surface area contributed by atoms with Crippen LogP contribution in [0.1, 0.15) is 26.4 Å². The summed E-state index contributed by atoms with van der Waals surface area (Å²) in [6.07, 6.45) is 1.77. The fourth-order valence-corrected chi connectivity index (χ4v) is 4.42. The van der Waals surface area contributed by atoms with E-state index in [9.17, 15) is 4.79 Å². The largest absolute Gasteiger partial charge is 0.360 e. The van der Waals surface area contributed by atoms with Crippen molar-refractivity contribution in [1.82, 2.24) is 9.97 Å². The minimum absolute atomic E-state index is 0.0634. The first kappa shape index (κ1) is 20.0. The topological polar surface area (TPSA) is 69.8 Å². The summed E-state index contributed by atoms with van der Waals surface area (Å²) >= 11 is 1.35.